The number of nitrogens with one attached hydrogen (secondary N) is 1. The fraction of sp³-hybridized carbons (Fsp3) is 0.109. The minimum Gasteiger partial charge on any atom is -0.505 e. The summed E-state index contributed by atoms with van der Waals surface area (Å²) in [6.45, 7) is 11.1. The van der Waals surface area contributed by atoms with Crippen molar-refractivity contribution in [2.75, 3.05) is 7.05 Å². The van der Waals surface area contributed by atoms with Gasteiger partial charge in [0.05, 0.1) is 16.9 Å². The van der Waals surface area contributed by atoms with Crippen LogP contribution in [-0.4, -0.2) is 12.2 Å². The largest absolute Gasteiger partial charge is 0.505 e. The average Bonchev–Trinajstić information content (AvgIpc) is 3.63. The molecule has 3 aliphatic rings. The highest BCUT2D eigenvalue weighted by molar-refractivity contribution is 6.05. The zero-order chi connectivity index (χ0) is 36.6. The van der Waals surface area contributed by atoms with Gasteiger partial charge in [-0.1, -0.05) is 104 Å². The van der Waals surface area contributed by atoms with E-state index in [2.05, 4.69) is 75.4 Å². The van der Waals surface area contributed by atoms with Crippen molar-refractivity contribution in [2.24, 2.45) is 26.4 Å². The summed E-state index contributed by atoms with van der Waals surface area (Å²) in [7, 11) is 1.88. The Kier molecular flexibility index (Phi) is 8.67. The van der Waals surface area contributed by atoms with E-state index in [1.165, 1.54) is 0 Å². The van der Waals surface area contributed by atoms with Crippen LogP contribution < -0.4 is 5.32 Å². The molecule has 5 aromatic rings. The van der Waals surface area contributed by atoms with Crippen LogP contribution in [0.15, 0.2) is 143 Å². The Hall–Kier alpha value is -6.75. The highest BCUT2D eigenvalue weighted by atomic mass is 16.3. The number of hydrogen-bond donors (Lipinski definition) is 2. The first kappa shape index (κ1) is 33.4. The highest BCUT2D eigenvalue weighted by Gasteiger charge is 2.37. The summed E-state index contributed by atoms with van der Waals surface area (Å²) in [6.07, 6.45) is 12.6. The second-order valence-electron chi connectivity index (χ2n) is 13.5. The number of aryl methyl sites for hydroxylation is 1. The molecule has 0 saturated carbocycles. The number of rotatable bonds is 8. The zero-order valence-electron chi connectivity index (χ0n) is 29.5. The second-order valence-corrected chi connectivity index (χ2v) is 13.5. The van der Waals surface area contributed by atoms with Crippen molar-refractivity contribution in [3.05, 3.63) is 172 Å². The predicted octanol–water partition coefficient (Wildman–Crippen LogP) is 12.2. The molecule has 2 unspecified atom stereocenters. The van der Waals surface area contributed by atoms with Gasteiger partial charge in [0.2, 0.25) is 0 Å². The summed E-state index contributed by atoms with van der Waals surface area (Å²) in [6, 6.07) is 30.1. The molecule has 0 radical (unpaired) electrons. The van der Waals surface area contributed by atoms with Crippen LogP contribution in [0, 0.1) is 24.2 Å². The van der Waals surface area contributed by atoms with Crippen LogP contribution >= 0.6 is 0 Å². The van der Waals surface area contributed by atoms with E-state index < -0.39 is 0 Å². The molecule has 0 spiro atoms. The molecule has 0 bridgehead atoms. The Morgan fingerprint density at radius 3 is 1.98 bits per heavy atom. The minimum absolute atomic E-state index is 0.122. The number of nitriles is 1. The van der Waals surface area contributed by atoms with E-state index in [4.69, 9.17) is 0 Å². The Morgan fingerprint density at radius 2 is 1.36 bits per heavy atom. The third kappa shape index (κ3) is 5.95. The zero-order valence-corrected chi connectivity index (χ0v) is 29.5. The van der Waals surface area contributed by atoms with Gasteiger partial charge in [0, 0.05) is 29.5 Å². The molecule has 0 saturated heterocycles. The molecule has 5 aromatic carbocycles. The molecule has 2 N–H and O–H groups in total. The van der Waals surface area contributed by atoms with Gasteiger partial charge in [-0.25, -0.2) is 0 Å². The van der Waals surface area contributed by atoms with Gasteiger partial charge < -0.3 is 10.4 Å². The maximum atomic E-state index is 11.0. The first-order chi connectivity index (χ1) is 25.9. The summed E-state index contributed by atoms with van der Waals surface area (Å²) in [4.78, 5) is 0. The topological polar surface area (TPSA) is 105 Å². The smallest absolute Gasteiger partial charge is 0.146 e. The van der Waals surface area contributed by atoms with Crippen LogP contribution in [0.1, 0.15) is 56.0 Å². The van der Waals surface area contributed by atoms with Crippen LogP contribution in [0.2, 0.25) is 0 Å². The second kappa shape index (κ2) is 13.8. The first-order valence-corrected chi connectivity index (χ1v) is 17.5. The van der Waals surface area contributed by atoms with Crippen molar-refractivity contribution in [2.45, 2.75) is 19.4 Å². The van der Waals surface area contributed by atoms with E-state index in [0.29, 0.717) is 34.9 Å². The van der Waals surface area contributed by atoms with Crippen LogP contribution in [0.4, 0.5) is 22.7 Å². The molecule has 7 heteroatoms. The molecule has 0 amide bonds. The Bertz CT molecular complexity index is 2530. The molecule has 3 aliphatic carbocycles. The molecule has 7 nitrogen and oxygen atoms in total. The summed E-state index contributed by atoms with van der Waals surface area (Å²) >= 11 is 0. The van der Waals surface area contributed by atoms with Gasteiger partial charge in [0.15, 0.2) is 0 Å². The molecule has 2 atom stereocenters. The Labute approximate surface area is 309 Å². The third-order valence-electron chi connectivity index (χ3n) is 10.2. The van der Waals surface area contributed by atoms with Gasteiger partial charge in [0.25, 0.3) is 0 Å². The lowest BCUT2D eigenvalue weighted by Crippen LogP contribution is -2.09. The summed E-state index contributed by atoms with van der Waals surface area (Å²) < 4.78 is 0. The highest BCUT2D eigenvalue weighted by Crippen LogP contribution is 2.54. The minimum atomic E-state index is 0.122. The maximum Gasteiger partial charge on any atom is 0.146 e. The van der Waals surface area contributed by atoms with Crippen LogP contribution in [-0.2, 0) is 6.54 Å². The lowest BCUT2D eigenvalue weighted by molar-refractivity contribution is 0.472. The van der Waals surface area contributed by atoms with E-state index in [-0.39, 0.29) is 17.6 Å². The third-order valence-corrected chi connectivity index (χ3v) is 10.2. The van der Waals surface area contributed by atoms with E-state index >= 15 is 0 Å². The summed E-state index contributed by atoms with van der Waals surface area (Å²) in [5.74, 6) is 0.456. The van der Waals surface area contributed by atoms with Crippen molar-refractivity contribution in [1.82, 2.24) is 5.32 Å². The number of allylic oxidation sites excluding steroid dienone is 5. The predicted molar refractivity (Wildman–Crippen MR) is 214 cm³/mol. The first-order valence-electron chi connectivity index (χ1n) is 17.5. The van der Waals surface area contributed by atoms with Crippen LogP contribution in [0.5, 0.6) is 5.75 Å². The molecule has 53 heavy (non-hydrogen) atoms. The number of phenols is 1. The molecule has 8 rings (SSSR count). The monoisotopic (exact) mass is 688 g/mol. The number of phenolic OH excluding ortho intramolecular Hbond substituents is 1. The fourth-order valence-electron chi connectivity index (χ4n) is 7.52. The maximum absolute atomic E-state index is 11.0. The van der Waals surface area contributed by atoms with E-state index in [9.17, 15) is 10.4 Å². The van der Waals surface area contributed by atoms with Gasteiger partial charge in [-0.3, -0.25) is 0 Å². The SMILES string of the molecule is C=C1c2ccccc2-c2c1cc(C)c(O)c2N=Nc1ccc(/C=C/c2ccc(N=Nc3c(C#N)c(CNC)cc4c3C(=C)C3C=CC=CC43)cc2)cc1. The Balaban J connectivity index is 0.993. The van der Waals surface area contributed by atoms with E-state index in [1.54, 1.807) is 0 Å². The molecular formula is C46H36N6O. The van der Waals surface area contributed by atoms with Gasteiger partial charge in [0.1, 0.15) is 23.2 Å². The summed E-state index contributed by atoms with van der Waals surface area (Å²) in [5.41, 5.74) is 14.4. The molecule has 0 heterocycles. The van der Waals surface area contributed by atoms with Gasteiger partial charge in [-0.15, -0.1) is 10.2 Å². The van der Waals surface area contributed by atoms with E-state index in [0.717, 1.165) is 66.8 Å². The molecular weight excluding hydrogens is 653 g/mol. The normalized spacial score (nSPS) is 16.8. The molecule has 256 valence electrons. The van der Waals surface area contributed by atoms with Gasteiger partial charge in [-0.2, -0.15) is 15.5 Å². The standard InChI is InChI=1S/C46H36N6O/c1-27-23-39-28(2)35-9-6-8-12-38(35)43(39)45(46(27)53)52-50-34-21-17-31(18-22-34)14-13-30-15-19-33(20-16-30)49-51-44-41(25-47)32(26-48-4)24-40-37-11-7-5-10-36(37)29(3)42(40)44/h5-24,36-37,48,53H,2-3,26H2,1,4H3/b14-13+,51-49?,52-50?. The van der Waals surface area contributed by atoms with Crippen molar-refractivity contribution < 1.29 is 5.11 Å². The van der Waals surface area contributed by atoms with E-state index in [1.807, 2.05) is 105 Å². The number of fused-ring (bicyclic) bond motifs is 6. The van der Waals surface area contributed by atoms with Crippen molar-refractivity contribution >= 4 is 46.0 Å². The number of benzene rings is 5. The van der Waals surface area contributed by atoms with Crippen LogP contribution in [0.25, 0.3) is 34.4 Å². The number of nitrogens with zero attached hydrogens (tertiary/aromatic N) is 5. The fourth-order valence-corrected chi connectivity index (χ4v) is 7.52. The Morgan fingerprint density at radius 1 is 0.755 bits per heavy atom. The quantitative estimate of drug-likeness (QED) is 0.123. The lowest BCUT2D eigenvalue weighted by Gasteiger charge is -2.17. The number of hydrogen-bond acceptors (Lipinski definition) is 7. The van der Waals surface area contributed by atoms with Crippen LogP contribution in [0.3, 0.4) is 0 Å². The van der Waals surface area contributed by atoms with Crippen molar-refractivity contribution in [3.63, 3.8) is 0 Å². The average molecular weight is 689 g/mol. The van der Waals surface area contributed by atoms with Gasteiger partial charge in [-0.05, 0) is 100.0 Å². The lowest BCUT2D eigenvalue weighted by atomic mass is 9.87. The van der Waals surface area contributed by atoms with Crippen molar-refractivity contribution in [1.29, 1.82) is 5.26 Å². The molecule has 0 fully saturated rings. The number of aromatic hydroxyl groups is 1. The van der Waals surface area contributed by atoms with Gasteiger partial charge >= 0.3 is 0 Å². The number of azo groups is 2. The van der Waals surface area contributed by atoms with Crippen molar-refractivity contribution in [3.8, 4) is 22.9 Å². The summed E-state index contributed by atoms with van der Waals surface area (Å²) in [5, 5.41) is 42.7. The molecule has 0 aliphatic heterocycles. The molecule has 0 aromatic heterocycles.